The van der Waals surface area contributed by atoms with Gasteiger partial charge in [0.15, 0.2) is 0 Å². The third-order valence-electron chi connectivity index (χ3n) is 2.54. The van der Waals surface area contributed by atoms with Crippen molar-refractivity contribution in [2.75, 3.05) is 6.61 Å². The van der Waals surface area contributed by atoms with Gasteiger partial charge in [0, 0.05) is 18.5 Å². The molecule has 1 N–H and O–H groups in total. The first-order valence-corrected chi connectivity index (χ1v) is 5.61. The van der Waals surface area contributed by atoms with E-state index < -0.39 is 0 Å². The normalized spacial score (nSPS) is 10.3. The number of hydrogen-bond acceptors (Lipinski definition) is 3. The van der Waals surface area contributed by atoms with E-state index in [9.17, 15) is 9.18 Å². The number of carbonyl (C=O) groups is 1. The van der Waals surface area contributed by atoms with Gasteiger partial charge in [0.2, 0.25) is 0 Å². The predicted octanol–water partition coefficient (Wildman–Crippen LogP) is 1.86. The second kappa shape index (κ2) is 5.95. The minimum absolute atomic E-state index is 0.241. The Balaban J connectivity index is 1.93. The average Bonchev–Trinajstić information content (AvgIpc) is 2.80. The molecular formula is C13H13FN2O2. The first-order valence-electron chi connectivity index (χ1n) is 5.61. The first kappa shape index (κ1) is 12.3. The number of hydrogen-bond donors (Lipinski definition) is 1. The molecule has 5 heteroatoms. The second-order valence-corrected chi connectivity index (χ2v) is 3.90. The Labute approximate surface area is 104 Å². The number of aromatic amines is 1. The Morgan fingerprint density at radius 1 is 1.33 bits per heavy atom. The van der Waals surface area contributed by atoms with E-state index in [4.69, 9.17) is 0 Å². The van der Waals surface area contributed by atoms with Crippen molar-refractivity contribution in [2.24, 2.45) is 0 Å². The molecule has 1 aromatic heterocycles. The molecule has 2 aromatic rings. The van der Waals surface area contributed by atoms with Gasteiger partial charge in [-0.25, -0.2) is 4.39 Å². The number of halogens is 1. The third kappa shape index (κ3) is 3.41. The summed E-state index contributed by atoms with van der Waals surface area (Å²) in [4.78, 5) is 9.99. The molecule has 18 heavy (non-hydrogen) atoms. The molecule has 1 aromatic carbocycles. The van der Waals surface area contributed by atoms with Gasteiger partial charge in [0.05, 0.1) is 12.3 Å². The van der Waals surface area contributed by atoms with Crippen molar-refractivity contribution in [3.05, 3.63) is 53.1 Å². The highest BCUT2D eigenvalue weighted by atomic mass is 19.1. The van der Waals surface area contributed by atoms with E-state index >= 15 is 0 Å². The van der Waals surface area contributed by atoms with Crippen LogP contribution in [0.4, 0.5) is 4.39 Å². The number of aromatic nitrogens is 2. The van der Waals surface area contributed by atoms with Crippen LogP contribution in [0.1, 0.15) is 17.0 Å². The summed E-state index contributed by atoms with van der Waals surface area (Å²) in [6, 6.07) is 8.27. The van der Waals surface area contributed by atoms with E-state index in [0.29, 0.717) is 25.9 Å². The summed E-state index contributed by atoms with van der Waals surface area (Å²) in [6.45, 7) is 0.746. The van der Waals surface area contributed by atoms with E-state index in [1.807, 2.05) is 6.07 Å². The van der Waals surface area contributed by atoms with Crippen LogP contribution in [0.5, 0.6) is 0 Å². The SMILES string of the molecule is O=COCCc1cc(Cc2ccc(F)cc2)[nH]n1. The maximum atomic E-state index is 12.7. The van der Waals surface area contributed by atoms with Crippen LogP contribution in [0.25, 0.3) is 0 Å². The fourth-order valence-corrected chi connectivity index (χ4v) is 1.66. The van der Waals surface area contributed by atoms with E-state index in [-0.39, 0.29) is 5.82 Å². The molecule has 4 nitrogen and oxygen atoms in total. The van der Waals surface area contributed by atoms with Gasteiger partial charge >= 0.3 is 0 Å². The Kier molecular flexibility index (Phi) is 4.06. The molecule has 0 atom stereocenters. The second-order valence-electron chi connectivity index (χ2n) is 3.90. The van der Waals surface area contributed by atoms with Crippen LogP contribution in [0.3, 0.4) is 0 Å². The maximum absolute atomic E-state index is 12.7. The first-order chi connectivity index (χ1) is 8.78. The molecule has 0 fully saturated rings. The summed E-state index contributed by atoms with van der Waals surface area (Å²) in [7, 11) is 0. The third-order valence-corrected chi connectivity index (χ3v) is 2.54. The molecule has 1 heterocycles. The number of rotatable bonds is 6. The molecule has 0 aliphatic carbocycles. The van der Waals surface area contributed by atoms with Gasteiger partial charge in [-0.3, -0.25) is 9.89 Å². The lowest BCUT2D eigenvalue weighted by Crippen LogP contribution is -1.96. The zero-order chi connectivity index (χ0) is 12.8. The zero-order valence-electron chi connectivity index (χ0n) is 9.73. The standard InChI is InChI=1S/C13H13FN2O2/c14-11-3-1-10(2-4-11)7-13-8-12(15-16-13)5-6-18-9-17/h1-4,8-9H,5-7H2,(H,15,16). The lowest BCUT2D eigenvalue weighted by molar-refractivity contribution is -0.128. The summed E-state index contributed by atoms with van der Waals surface area (Å²) >= 11 is 0. The van der Waals surface area contributed by atoms with Crippen molar-refractivity contribution in [2.45, 2.75) is 12.8 Å². The predicted molar refractivity (Wildman–Crippen MR) is 63.5 cm³/mol. The summed E-state index contributed by atoms with van der Waals surface area (Å²) in [5.74, 6) is -0.241. The molecule has 0 saturated heterocycles. The van der Waals surface area contributed by atoms with Crippen LogP contribution < -0.4 is 0 Å². The molecule has 0 unspecified atom stereocenters. The summed E-state index contributed by atoms with van der Waals surface area (Å²) in [5, 5.41) is 7.01. The smallest absolute Gasteiger partial charge is 0.293 e. The van der Waals surface area contributed by atoms with E-state index in [0.717, 1.165) is 17.0 Å². The van der Waals surface area contributed by atoms with Crippen LogP contribution in [0, 0.1) is 5.82 Å². The molecule has 0 aliphatic rings. The molecule has 94 valence electrons. The van der Waals surface area contributed by atoms with Crippen molar-refractivity contribution in [1.29, 1.82) is 0 Å². The fraction of sp³-hybridized carbons (Fsp3) is 0.231. The summed E-state index contributed by atoms with van der Waals surface area (Å²) in [6.07, 6.45) is 1.25. The van der Waals surface area contributed by atoms with Crippen molar-refractivity contribution >= 4 is 6.47 Å². The van der Waals surface area contributed by atoms with Gasteiger partial charge in [-0.05, 0) is 23.8 Å². The summed E-state index contributed by atoms with van der Waals surface area (Å²) < 4.78 is 17.3. The van der Waals surface area contributed by atoms with E-state index in [2.05, 4.69) is 14.9 Å². The van der Waals surface area contributed by atoms with Gasteiger partial charge < -0.3 is 4.74 Å². The zero-order valence-corrected chi connectivity index (χ0v) is 9.73. The van der Waals surface area contributed by atoms with Gasteiger partial charge in [-0.2, -0.15) is 5.10 Å². The van der Waals surface area contributed by atoms with Crippen molar-refractivity contribution in [1.82, 2.24) is 10.2 Å². The monoisotopic (exact) mass is 248 g/mol. The quantitative estimate of drug-likeness (QED) is 0.627. The molecule has 0 bridgehead atoms. The molecule has 0 spiro atoms. The lowest BCUT2D eigenvalue weighted by Gasteiger charge is -1.97. The molecular weight excluding hydrogens is 235 g/mol. The van der Waals surface area contributed by atoms with Crippen LogP contribution in [-0.4, -0.2) is 23.3 Å². The largest absolute Gasteiger partial charge is 0.467 e. The number of benzene rings is 1. The number of carbonyl (C=O) groups excluding carboxylic acids is 1. The van der Waals surface area contributed by atoms with Crippen LogP contribution >= 0.6 is 0 Å². The molecule has 0 radical (unpaired) electrons. The Morgan fingerprint density at radius 3 is 2.83 bits per heavy atom. The van der Waals surface area contributed by atoms with Crippen LogP contribution in [0.15, 0.2) is 30.3 Å². The minimum Gasteiger partial charge on any atom is -0.467 e. The molecule has 2 rings (SSSR count). The topological polar surface area (TPSA) is 55.0 Å². The number of ether oxygens (including phenoxy) is 1. The molecule has 0 aliphatic heterocycles. The average molecular weight is 248 g/mol. The van der Waals surface area contributed by atoms with Gasteiger partial charge in [0.25, 0.3) is 6.47 Å². The summed E-state index contributed by atoms with van der Waals surface area (Å²) in [5.41, 5.74) is 2.80. The Morgan fingerprint density at radius 2 is 2.11 bits per heavy atom. The van der Waals surface area contributed by atoms with Gasteiger partial charge in [-0.1, -0.05) is 12.1 Å². The molecule has 0 saturated carbocycles. The fourth-order valence-electron chi connectivity index (χ4n) is 1.66. The number of nitrogens with zero attached hydrogens (tertiary/aromatic N) is 1. The Bertz CT molecular complexity index is 508. The number of nitrogens with one attached hydrogen (secondary N) is 1. The van der Waals surface area contributed by atoms with E-state index in [1.165, 1.54) is 12.1 Å². The van der Waals surface area contributed by atoms with Gasteiger partial charge in [-0.15, -0.1) is 0 Å². The van der Waals surface area contributed by atoms with Crippen molar-refractivity contribution in [3.63, 3.8) is 0 Å². The van der Waals surface area contributed by atoms with Crippen LogP contribution in [-0.2, 0) is 22.4 Å². The highest BCUT2D eigenvalue weighted by molar-refractivity contribution is 5.36. The lowest BCUT2D eigenvalue weighted by atomic mass is 10.1. The number of H-pyrrole nitrogens is 1. The van der Waals surface area contributed by atoms with Gasteiger partial charge in [0.1, 0.15) is 5.82 Å². The van der Waals surface area contributed by atoms with Crippen LogP contribution in [0.2, 0.25) is 0 Å². The maximum Gasteiger partial charge on any atom is 0.293 e. The highest BCUT2D eigenvalue weighted by Crippen LogP contribution is 2.09. The van der Waals surface area contributed by atoms with Crippen molar-refractivity contribution < 1.29 is 13.9 Å². The van der Waals surface area contributed by atoms with E-state index in [1.54, 1.807) is 12.1 Å². The Hall–Kier alpha value is -2.17. The minimum atomic E-state index is -0.241. The van der Waals surface area contributed by atoms with Crippen molar-refractivity contribution in [3.8, 4) is 0 Å². The highest BCUT2D eigenvalue weighted by Gasteiger charge is 2.03. The molecule has 0 amide bonds.